The molecule has 0 radical (unpaired) electrons. The molecule has 0 saturated heterocycles. The number of hydrogen-bond donors (Lipinski definition) is 1. The molecule has 2 nitrogen and oxygen atoms in total. The Balaban J connectivity index is 1.90. The van der Waals surface area contributed by atoms with E-state index >= 15 is 0 Å². The van der Waals surface area contributed by atoms with Crippen LogP contribution in [0.5, 0.6) is 0 Å². The van der Waals surface area contributed by atoms with Crippen LogP contribution in [0.3, 0.4) is 0 Å². The Hall–Kier alpha value is -1.19. The van der Waals surface area contributed by atoms with Crippen LogP contribution in [0.4, 0.5) is 0 Å². The number of thiazole rings is 1. The van der Waals surface area contributed by atoms with Gasteiger partial charge in [-0.25, -0.2) is 4.98 Å². The maximum absolute atomic E-state index is 4.88. The molecule has 3 heteroatoms. The van der Waals surface area contributed by atoms with Crippen LogP contribution in [0.25, 0.3) is 0 Å². The zero-order valence-electron chi connectivity index (χ0n) is 12.3. The molecular weight excluding hydrogens is 264 g/mol. The van der Waals surface area contributed by atoms with E-state index in [4.69, 9.17) is 4.98 Å². The van der Waals surface area contributed by atoms with Crippen LogP contribution in [0.15, 0.2) is 24.3 Å². The summed E-state index contributed by atoms with van der Waals surface area (Å²) in [5.41, 5.74) is 4.07. The number of rotatable bonds is 5. The summed E-state index contributed by atoms with van der Waals surface area (Å²) in [5, 5.41) is 4.83. The van der Waals surface area contributed by atoms with Gasteiger partial charge < -0.3 is 5.32 Å². The number of hydrogen-bond acceptors (Lipinski definition) is 3. The average Bonchev–Trinajstić information content (AvgIpc) is 3.06. The summed E-state index contributed by atoms with van der Waals surface area (Å²) in [6.45, 7) is 5.32. The molecule has 0 bridgehead atoms. The highest BCUT2D eigenvalue weighted by atomic mass is 32.1. The normalized spacial score (nSPS) is 15.3. The van der Waals surface area contributed by atoms with Gasteiger partial charge in [-0.1, -0.05) is 38.1 Å². The van der Waals surface area contributed by atoms with Crippen molar-refractivity contribution in [3.8, 4) is 0 Å². The van der Waals surface area contributed by atoms with Crippen molar-refractivity contribution in [2.24, 2.45) is 0 Å². The van der Waals surface area contributed by atoms with Gasteiger partial charge in [-0.3, -0.25) is 0 Å². The average molecular weight is 286 g/mol. The van der Waals surface area contributed by atoms with Crippen molar-refractivity contribution in [2.45, 2.75) is 45.6 Å². The number of nitrogens with zero attached hydrogens (tertiary/aromatic N) is 1. The van der Waals surface area contributed by atoms with Crippen molar-refractivity contribution < 1.29 is 0 Å². The van der Waals surface area contributed by atoms with Crippen LogP contribution in [0, 0.1) is 0 Å². The molecule has 1 unspecified atom stereocenters. The Morgan fingerprint density at radius 2 is 2.00 bits per heavy atom. The van der Waals surface area contributed by atoms with Crippen LogP contribution < -0.4 is 5.32 Å². The molecule has 0 saturated carbocycles. The van der Waals surface area contributed by atoms with Crippen molar-refractivity contribution in [3.05, 3.63) is 51.0 Å². The zero-order chi connectivity index (χ0) is 13.9. The van der Waals surface area contributed by atoms with Crippen molar-refractivity contribution in [3.63, 3.8) is 0 Å². The summed E-state index contributed by atoms with van der Waals surface area (Å²) in [5.74, 6) is 0. The molecule has 2 aromatic rings. The highest BCUT2D eigenvalue weighted by Crippen LogP contribution is 2.33. The molecule has 106 valence electrons. The molecule has 20 heavy (non-hydrogen) atoms. The van der Waals surface area contributed by atoms with Gasteiger partial charge >= 0.3 is 0 Å². The summed E-state index contributed by atoms with van der Waals surface area (Å²) < 4.78 is 0. The fourth-order valence-electron chi connectivity index (χ4n) is 2.83. The molecule has 0 amide bonds. The first-order chi connectivity index (χ1) is 9.81. The number of benzene rings is 1. The summed E-state index contributed by atoms with van der Waals surface area (Å²) in [6.07, 6.45) is 4.77. The van der Waals surface area contributed by atoms with Gasteiger partial charge in [-0.05, 0) is 43.4 Å². The lowest BCUT2D eigenvalue weighted by atomic mass is 10.0. The second-order valence-electron chi connectivity index (χ2n) is 5.36. The van der Waals surface area contributed by atoms with E-state index < -0.39 is 0 Å². The molecule has 0 aliphatic heterocycles. The second kappa shape index (κ2) is 6.06. The number of aromatic nitrogens is 1. The third-order valence-corrected chi connectivity index (χ3v) is 5.21. The smallest absolute Gasteiger partial charge is 0.115 e. The van der Waals surface area contributed by atoms with Crippen molar-refractivity contribution >= 4 is 11.3 Å². The lowest BCUT2D eigenvalue weighted by Gasteiger charge is -2.16. The van der Waals surface area contributed by atoms with E-state index in [2.05, 4.69) is 43.4 Å². The third-order valence-electron chi connectivity index (χ3n) is 3.99. The first kappa shape index (κ1) is 13.8. The van der Waals surface area contributed by atoms with Gasteiger partial charge in [-0.2, -0.15) is 0 Å². The molecule has 1 aliphatic rings. The first-order valence-electron chi connectivity index (χ1n) is 7.62. The highest BCUT2D eigenvalue weighted by molar-refractivity contribution is 7.11. The summed E-state index contributed by atoms with van der Waals surface area (Å²) >= 11 is 1.90. The molecule has 1 aromatic heterocycles. The Kier molecular flexibility index (Phi) is 4.18. The maximum Gasteiger partial charge on any atom is 0.115 e. The van der Waals surface area contributed by atoms with Gasteiger partial charge in [0, 0.05) is 4.88 Å². The number of fused-ring (bicyclic) bond motifs is 1. The van der Waals surface area contributed by atoms with E-state index in [-0.39, 0.29) is 6.04 Å². The second-order valence-corrected chi connectivity index (χ2v) is 6.48. The van der Waals surface area contributed by atoms with Crippen molar-refractivity contribution in [1.82, 2.24) is 10.3 Å². The minimum Gasteiger partial charge on any atom is -0.305 e. The topological polar surface area (TPSA) is 24.9 Å². The summed E-state index contributed by atoms with van der Waals surface area (Å²) in [4.78, 5) is 6.39. The lowest BCUT2D eigenvalue weighted by Crippen LogP contribution is -2.22. The SMILES string of the molecule is CCNC(c1ccc(CC)cc1)c1nc2c(s1)CCC2. The maximum atomic E-state index is 4.88. The fourth-order valence-corrected chi connectivity index (χ4v) is 4.09. The Morgan fingerprint density at radius 3 is 2.65 bits per heavy atom. The van der Waals surface area contributed by atoms with Gasteiger partial charge in [0.15, 0.2) is 0 Å². The van der Waals surface area contributed by atoms with Crippen LogP contribution >= 0.6 is 11.3 Å². The van der Waals surface area contributed by atoms with Crippen LogP contribution in [-0.2, 0) is 19.3 Å². The van der Waals surface area contributed by atoms with Gasteiger partial charge in [0.2, 0.25) is 0 Å². The van der Waals surface area contributed by atoms with E-state index in [0.29, 0.717) is 0 Å². The summed E-state index contributed by atoms with van der Waals surface area (Å²) in [7, 11) is 0. The minimum atomic E-state index is 0.251. The van der Waals surface area contributed by atoms with Crippen LogP contribution in [0.1, 0.15) is 53.0 Å². The molecule has 0 spiro atoms. The van der Waals surface area contributed by atoms with E-state index in [1.165, 1.54) is 46.0 Å². The van der Waals surface area contributed by atoms with Gasteiger partial charge in [0.05, 0.1) is 11.7 Å². The molecule has 1 atom stereocenters. The van der Waals surface area contributed by atoms with E-state index in [1.54, 1.807) is 0 Å². The molecule has 1 heterocycles. The lowest BCUT2D eigenvalue weighted by molar-refractivity contribution is 0.625. The minimum absolute atomic E-state index is 0.251. The number of aryl methyl sites for hydroxylation is 3. The van der Waals surface area contributed by atoms with Crippen molar-refractivity contribution in [1.29, 1.82) is 0 Å². The quantitative estimate of drug-likeness (QED) is 0.902. The first-order valence-corrected chi connectivity index (χ1v) is 8.44. The molecule has 1 aliphatic carbocycles. The standard InChI is InChI=1S/C17H22N2S/c1-3-12-8-10-13(11-9-12)16(18-4-2)17-19-14-6-5-7-15(14)20-17/h8-11,16,18H,3-7H2,1-2H3. The molecular formula is C17H22N2S. The number of nitrogens with one attached hydrogen (secondary N) is 1. The van der Waals surface area contributed by atoms with E-state index in [0.717, 1.165) is 13.0 Å². The Labute approximate surface area is 125 Å². The molecule has 1 aromatic carbocycles. The highest BCUT2D eigenvalue weighted by Gasteiger charge is 2.22. The Bertz CT molecular complexity index is 550. The third kappa shape index (κ3) is 2.65. The predicted molar refractivity (Wildman–Crippen MR) is 85.5 cm³/mol. The molecule has 3 rings (SSSR count). The largest absolute Gasteiger partial charge is 0.305 e. The van der Waals surface area contributed by atoms with Gasteiger partial charge in [-0.15, -0.1) is 11.3 Å². The van der Waals surface area contributed by atoms with E-state index in [1.807, 2.05) is 11.3 Å². The van der Waals surface area contributed by atoms with Crippen LogP contribution in [-0.4, -0.2) is 11.5 Å². The summed E-state index contributed by atoms with van der Waals surface area (Å²) in [6, 6.07) is 9.22. The predicted octanol–water partition coefficient (Wildman–Crippen LogP) is 3.89. The molecule has 1 N–H and O–H groups in total. The van der Waals surface area contributed by atoms with Gasteiger partial charge in [0.25, 0.3) is 0 Å². The van der Waals surface area contributed by atoms with Crippen molar-refractivity contribution in [2.75, 3.05) is 6.54 Å². The molecule has 0 fully saturated rings. The fraction of sp³-hybridized carbons (Fsp3) is 0.471. The Morgan fingerprint density at radius 1 is 1.20 bits per heavy atom. The van der Waals surface area contributed by atoms with E-state index in [9.17, 15) is 0 Å². The van der Waals surface area contributed by atoms with Crippen LogP contribution in [0.2, 0.25) is 0 Å². The van der Waals surface area contributed by atoms with Gasteiger partial charge in [0.1, 0.15) is 5.01 Å². The monoisotopic (exact) mass is 286 g/mol. The zero-order valence-corrected chi connectivity index (χ0v) is 13.1.